The van der Waals surface area contributed by atoms with Crippen LogP contribution in [0.15, 0.2) is 63.5 Å². The lowest BCUT2D eigenvalue weighted by Gasteiger charge is -2.14. The summed E-state index contributed by atoms with van der Waals surface area (Å²) in [5, 5.41) is 23.0. The fourth-order valence-electron chi connectivity index (χ4n) is 2.49. The lowest BCUT2D eigenvalue weighted by molar-refractivity contribution is -0.386. The van der Waals surface area contributed by atoms with Crippen molar-refractivity contribution in [3.63, 3.8) is 0 Å². The van der Waals surface area contributed by atoms with Gasteiger partial charge in [-0.25, -0.2) is 0 Å². The highest BCUT2D eigenvalue weighted by Gasteiger charge is 2.27. The van der Waals surface area contributed by atoms with E-state index in [-0.39, 0.29) is 21.6 Å². The van der Waals surface area contributed by atoms with E-state index in [1.54, 1.807) is 30.3 Å². The Morgan fingerprint density at radius 3 is 1.90 bits per heavy atom. The largest absolute Gasteiger partial charge is 0.449 e. The van der Waals surface area contributed by atoms with Crippen molar-refractivity contribution in [1.29, 1.82) is 0 Å². The van der Waals surface area contributed by atoms with Crippen LogP contribution in [0.25, 0.3) is 0 Å². The quantitative estimate of drug-likeness (QED) is 0.262. The van der Waals surface area contributed by atoms with Crippen molar-refractivity contribution >= 4 is 54.6 Å². The normalized spacial score (nSPS) is 10.4. The number of nitro benzene ring substituents is 2. The summed E-state index contributed by atoms with van der Waals surface area (Å²) in [6.45, 7) is 0. The van der Waals surface area contributed by atoms with Gasteiger partial charge in [0.2, 0.25) is 11.6 Å². The van der Waals surface area contributed by atoms with E-state index in [4.69, 9.17) is 4.74 Å². The summed E-state index contributed by atoms with van der Waals surface area (Å²) in [5.74, 6) is -0.781. The van der Waals surface area contributed by atoms with Crippen molar-refractivity contribution in [2.45, 2.75) is 0 Å². The molecular weight excluding hydrogens is 531 g/mol. The number of halogens is 3. The molecule has 0 bridgehead atoms. The van der Waals surface area contributed by atoms with E-state index in [1.807, 2.05) is 0 Å². The molecule has 30 heavy (non-hydrogen) atoms. The van der Waals surface area contributed by atoms with Gasteiger partial charge in [-0.05, 0) is 68.3 Å². The topological polar surface area (TPSA) is 120 Å². The third-order valence-electron chi connectivity index (χ3n) is 3.81. The van der Waals surface area contributed by atoms with Crippen molar-refractivity contribution in [3.8, 4) is 11.5 Å². The molecule has 0 aliphatic heterocycles. The maximum atomic E-state index is 14.1. The number of nitro groups is 2. The van der Waals surface area contributed by atoms with E-state index in [2.05, 4.69) is 42.7 Å². The van der Waals surface area contributed by atoms with Crippen molar-refractivity contribution < 1.29 is 19.0 Å². The smallest absolute Gasteiger partial charge is 0.337 e. The predicted octanol–water partition coefficient (Wildman–Crippen LogP) is 6.40. The van der Waals surface area contributed by atoms with Crippen LogP contribution in [0, 0.1) is 26.0 Å². The van der Waals surface area contributed by atoms with E-state index < -0.39 is 27.0 Å². The number of anilines is 2. The Bertz CT molecular complexity index is 1130. The van der Waals surface area contributed by atoms with E-state index in [0.29, 0.717) is 10.2 Å². The lowest BCUT2D eigenvalue weighted by atomic mass is 10.2. The van der Waals surface area contributed by atoms with E-state index >= 15 is 0 Å². The minimum absolute atomic E-state index is 0.0493. The zero-order valence-corrected chi connectivity index (χ0v) is 17.9. The lowest BCUT2D eigenvalue weighted by Crippen LogP contribution is -2.13. The molecule has 154 valence electrons. The van der Waals surface area contributed by atoms with E-state index in [0.717, 1.165) is 0 Å². The van der Waals surface area contributed by atoms with Crippen LogP contribution in [-0.2, 0) is 0 Å². The molecule has 3 rings (SSSR count). The fraction of sp³-hybridized carbons (Fsp3) is 0. The molecule has 0 radical (unpaired) electrons. The van der Waals surface area contributed by atoms with Gasteiger partial charge in [-0.3, -0.25) is 31.1 Å². The molecule has 0 heterocycles. The zero-order chi connectivity index (χ0) is 21.8. The summed E-state index contributed by atoms with van der Waals surface area (Å²) >= 11 is 6.12. The molecule has 0 amide bonds. The molecule has 0 saturated heterocycles. The van der Waals surface area contributed by atoms with Crippen LogP contribution in [0.2, 0.25) is 0 Å². The van der Waals surface area contributed by atoms with Crippen LogP contribution in [-0.4, -0.2) is 9.85 Å². The van der Waals surface area contributed by atoms with E-state index in [9.17, 15) is 24.6 Å². The molecule has 0 aromatic heterocycles. The first kappa shape index (κ1) is 21.5. The number of hydrazine groups is 1. The summed E-state index contributed by atoms with van der Waals surface area (Å²) in [5.41, 5.74) is 3.46. The van der Waals surface area contributed by atoms with Crippen LogP contribution < -0.4 is 15.6 Å². The molecule has 0 unspecified atom stereocenters. The predicted molar refractivity (Wildman–Crippen MR) is 115 cm³/mol. The molecule has 0 fully saturated rings. The van der Waals surface area contributed by atoms with Gasteiger partial charge in [0.05, 0.1) is 18.8 Å². The Morgan fingerprint density at radius 2 is 1.33 bits per heavy atom. The molecule has 12 heteroatoms. The second-order valence-electron chi connectivity index (χ2n) is 5.71. The highest BCUT2D eigenvalue weighted by molar-refractivity contribution is 9.10. The first-order valence-corrected chi connectivity index (χ1v) is 9.72. The number of hydrogen-bond donors (Lipinski definition) is 2. The number of benzene rings is 3. The van der Waals surface area contributed by atoms with Crippen molar-refractivity contribution in [3.05, 3.63) is 89.6 Å². The maximum absolute atomic E-state index is 14.1. The van der Waals surface area contributed by atoms with Crippen LogP contribution in [0.3, 0.4) is 0 Å². The third kappa shape index (κ3) is 4.49. The van der Waals surface area contributed by atoms with Gasteiger partial charge in [0.15, 0.2) is 0 Å². The SMILES string of the molecule is O=[N+]([O-])c1c(NNc2ccc(Br)c(Oc3ccccc3)c2[N+](=O)[O-])ccc(Br)c1F. The van der Waals surface area contributed by atoms with Gasteiger partial charge in [0, 0.05) is 0 Å². The Morgan fingerprint density at radius 1 is 0.800 bits per heavy atom. The fourth-order valence-corrected chi connectivity index (χ4v) is 3.21. The molecule has 2 N–H and O–H groups in total. The van der Waals surface area contributed by atoms with Gasteiger partial charge in [-0.1, -0.05) is 18.2 Å². The minimum Gasteiger partial charge on any atom is -0.449 e. The van der Waals surface area contributed by atoms with Gasteiger partial charge >= 0.3 is 11.4 Å². The summed E-state index contributed by atoms with van der Waals surface area (Å²) in [6.07, 6.45) is 0. The highest BCUT2D eigenvalue weighted by atomic mass is 79.9. The molecule has 3 aromatic carbocycles. The first-order chi connectivity index (χ1) is 14.3. The van der Waals surface area contributed by atoms with Crippen molar-refractivity contribution in [1.82, 2.24) is 0 Å². The number of nitrogens with one attached hydrogen (secondary N) is 2. The first-order valence-electron chi connectivity index (χ1n) is 8.13. The Hall–Kier alpha value is -3.25. The molecule has 0 aliphatic rings. The minimum atomic E-state index is -1.08. The Labute approximate surface area is 185 Å². The Balaban J connectivity index is 1.98. The molecule has 0 aliphatic carbocycles. The molecule has 0 saturated carbocycles. The summed E-state index contributed by atoms with van der Waals surface area (Å²) < 4.78 is 20.0. The van der Waals surface area contributed by atoms with Crippen molar-refractivity contribution in [2.24, 2.45) is 0 Å². The Kier molecular flexibility index (Phi) is 6.47. The number of nitrogens with zero attached hydrogens (tertiary/aromatic N) is 2. The zero-order valence-electron chi connectivity index (χ0n) is 14.8. The summed E-state index contributed by atoms with van der Waals surface area (Å²) in [7, 11) is 0. The highest BCUT2D eigenvalue weighted by Crippen LogP contribution is 2.43. The molecule has 9 nitrogen and oxygen atoms in total. The molecule has 0 spiro atoms. The maximum Gasteiger partial charge on any atom is 0.337 e. The number of rotatable bonds is 7. The van der Waals surface area contributed by atoms with Crippen molar-refractivity contribution in [2.75, 3.05) is 10.9 Å². The summed E-state index contributed by atoms with van der Waals surface area (Å²) in [4.78, 5) is 21.4. The monoisotopic (exact) mass is 540 g/mol. The summed E-state index contributed by atoms with van der Waals surface area (Å²) in [6, 6.07) is 13.8. The van der Waals surface area contributed by atoms with Gasteiger partial charge in [0.25, 0.3) is 0 Å². The standard InChI is InChI=1S/C18H11Br2FN4O5/c19-11-6-8-13(16(15(11)21)24(26)27)22-23-14-9-7-12(20)18(17(14)25(28)29)30-10-4-2-1-3-5-10/h1-9,22-23H. The van der Waals surface area contributed by atoms with Gasteiger partial charge in [-0.2, -0.15) is 4.39 Å². The van der Waals surface area contributed by atoms with Gasteiger partial charge in [0.1, 0.15) is 17.1 Å². The molecule has 0 atom stereocenters. The second-order valence-corrected chi connectivity index (χ2v) is 7.42. The van der Waals surface area contributed by atoms with Gasteiger partial charge in [-0.15, -0.1) is 0 Å². The average molecular weight is 542 g/mol. The average Bonchev–Trinajstić information content (AvgIpc) is 2.71. The number of ether oxygens (including phenoxy) is 1. The number of para-hydroxylation sites is 1. The second kappa shape index (κ2) is 9.05. The van der Waals surface area contributed by atoms with Crippen LogP contribution in [0.5, 0.6) is 11.5 Å². The molecule has 3 aromatic rings. The van der Waals surface area contributed by atoms with E-state index in [1.165, 1.54) is 24.3 Å². The van der Waals surface area contributed by atoms with Crippen LogP contribution in [0.1, 0.15) is 0 Å². The van der Waals surface area contributed by atoms with Crippen LogP contribution >= 0.6 is 31.9 Å². The molecular formula is C18H11Br2FN4O5. The number of hydrogen-bond acceptors (Lipinski definition) is 7. The van der Waals surface area contributed by atoms with Crippen LogP contribution in [0.4, 0.5) is 27.1 Å². The third-order valence-corrected chi connectivity index (χ3v) is 5.05. The van der Waals surface area contributed by atoms with Gasteiger partial charge < -0.3 is 4.74 Å².